The van der Waals surface area contributed by atoms with Crippen molar-refractivity contribution in [3.8, 4) is 11.3 Å². The number of hydrogen-bond acceptors (Lipinski definition) is 1. The summed E-state index contributed by atoms with van der Waals surface area (Å²) in [7, 11) is 0. The van der Waals surface area contributed by atoms with Gasteiger partial charge in [-0.3, -0.25) is 0 Å². The Kier molecular flexibility index (Phi) is 5.57. The second-order valence-electron chi connectivity index (χ2n) is 9.14. The molecule has 4 aromatic rings. The summed E-state index contributed by atoms with van der Waals surface area (Å²) in [6, 6.07) is 22.7. The Bertz CT molecular complexity index is 1250. The van der Waals surface area contributed by atoms with E-state index in [1.165, 1.54) is 59.7 Å². The molecule has 1 fully saturated rings. The van der Waals surface area contributed by atoms with E-state index in [1.807, 2.05) is 18.2 Å². The van der Waals surface area contributed by atoms with Crippen molar-refractivity contribution in [2.75, 3.05) is 0 Å². The molecule has 1 heterocycles. The van der Waals surface area contributed by atoms with Crippen LogP contribution in [-0.2, 0) is 6.42 Å². The van der Waals surface area contributed by atoms with Gasteiger partial charge in [-0.15, -0.1) is 0 Å². The lowest BCUT2D eigenvalue weighted by molar-refractivity contribution is 0.0697. The summed E-state index contributed by atoms with van der Waals surface area (Å²) < 4.78 is 0. The highest BCUT2D eigenvalue weighted by atomic mass is 16.4. The van der Waals surface area contributed by atoms with Crippen LogP contribution in [0, 0.1) is 6.92 Å². The van der Waals surface area contributed by atoms with Crippen LogP contribution in [0.2, 0.25) is 0 Å². The molecule has 0 bridgehead atoms. The highest BCUT2D eigenvalue weighted by molar-refractivity contribution is 5.99. The van der Waals surface area contributed by atoms with Crippen LogP contribution in [0.5, 0.6) is 0 Å². The number of aryl methyl sites for hydroxylation is 1. The molecule has 0 aliphatic heterocycles. The fraction of sp³-hybridized carbons (Fsp3) is 0.276. The number of H-pyrrole nitrogens is 1. The van der Waals surface area contributed by atoms with Crippen molar-refractivity contribution in [3.63, 3.8) is 0 Å². The molecule has 5 rings (SSSR count). The van der Waals surface area contributed by atoms with Crippen LogP contribution in [0.15, 0.2) is 66.7 Å². The minimum Gasteiger partial charge on any atom is -0.478 e. The Labute approximate surface area is 189 Å². The number of fused-ring (bicyclic) bond motifs is 1. The van der Waals surface area contributed by atoms with Gasteiger partial charge >= 0.3 is 5.97 Å². The lowest BCUT2D eigenvalue weighted by Gasteiger charge is -2.24. The van der Waals surface area contributed by atoms with Gasteiger partial charge in [0, 0.05) is 16.6 Å². The molecule has 1 aliphatic carbocycles. The van der Waals surface area contributed by atoms with E-state index in [2.05, 4.69) is 60.4 Å². The van der Waals surface area contributed by atoms with Crippen LogP contribution < -0.4 is 0 Å². The number of nitrogens with one attached hydrogen (secondary N) is 1. The summed E-state index contributed by atoms with van der Waals surface area (Å²) in [6.45, 7) is 2.09. The molecule has 0 radical (unpaired) electrons. The maximum atomic E-state index is 11.9. The quantitative estimate of drug-likeness (QED) is 0.349. The van der Waals surface area contributed by atoms with Crippen LogP contribution in [0.25, 0.3) is 22.2 Å². The lowest BCUT2D eigenvalue weighted by atomic mass is 9.80. The molecule has 162 valence electrons. The number of carboxylic acid groups (broad SMARTS) is 1. The Morgan fingerprint density at radius 1 is 0.969 bits per heavy atom. The van der Waals surface area contributed by atoms with Gasteiger partial charge in [0.1, 0.15) is 0 Å². The smallest absolute Gasteiger partial charge is 0.335 e. The van der Waals surface area contributed by atoms with Gasteiger partial charge in [0.25, 0.3) is 0 Å². The lowest BCUT2D eigenvalue weighted by Crippen LogP contribution is -2.06. The maximum Gasteiger partial charge on any atom is 0.335 e. The van der Waals surface area contributed by atoms with Crippen molar-refractivity contribution >= 4 is 16.9 Å². The fourth-order valence-electron chi connectivity index (χ4n) is 5.27. The maximum absolute atomic E-state index is 11.9. The van der Waals surface area contributed by atoms with Gasteiger partial charge < -0.3 is 10.1 Å². The Morgan fingerprint density at radius 2 is 1.69 bits per heavy atom. The highest BCUT2D eigenvalue weighted by Crippen LogP contribution is 2.44. The largest absolute Gasteiger partial charge is 0.478 e. The van der Waals surface area contributed by atoms with Gasteiger partial charge in [0.15, 0.2) is 0 Å². The van der Waals surface area contributed by atoms with Gasteiger partial charge in [-0.2, -0.15) is 0 Å². The van der Waals surface area contributed by atoms with Crippen LogP contribution >= 0.6 is 0 Å². The zero-order valence-corrected chi connectivity index (χ0v) is 18.5. The third-order valence-corrected chi connectivity index (χ3v) is 6.86. The number of aromatic amines is 1. The van der Waals surface area contributed by atoms with Crippen molar-refractivity contribution < 1.29 is 9.90 Å². The van der Waals surface area contributed by atoms with Crippen molar-refractivity contribution in [3.05, 3.63) is 94.5 Å². The third-order valence-electron chi connectivity index (χ3n) is 6.86. The van der Waals surface area contributed by atoms with E-state index < -0.39 is 5.97 Å². The van der Waals surface area contributed by atoms with E-state index in [9.17, 15) is 9.90 Å². The van der Waals surface area contributed by atoms with Gasteiger partial charge in [0.05, 0.1) is 5.56 Å². The van der Waals surface area contributed by atoms with Crippen LogP contribution in [0.3, 0.4) is 0 Å². The van der Waals surface area contributed by atoms with Crippen LogP contribution in [0.4, 0.5) is 0 Å². The second-order valence-corrected chi connectivity index (χ2v) is 9.14. The molecule has 3 aromatic carbocycles. The minimum atomic E-state index is -0.882. The Hall–Kier alpha value is -3.33. The molecule has 3 heteroatoms. The van der Waals surface area contributed by atoms with Crippen LogP contribution in [0.1, 0.15) is 70.6 Å². The molecule has 32 heavy (non-hydrogen) atoms. The number of aromatic nitrogens is 1. The van der Waals surface area contributed by atoms with Gasteiger partial charge in [0.2, 0.25) is 0 Å². The van der Waals surface area contributed by atoms with Crippen molar-refractivity contribution in [2.24, 2.45) is 0 Å². The van der Waals surface area contributed by atoms with E-state index in [0.29, 0.717) is 11.5 Å². The Morgan fingerprint density at radius 3 is 2.38 bits per heavy atom. The highest BCUT2D eigenvalue weighted by Gasteiger charge is 2.26. The summed E-state index contributed by atoms with van der Waals surface area (Å²) in [5.41, 5.74) is 8.52. The first-order valence-corrected chi connectivity index (χ1v) is 11.6. The summed E-state index contributed by atoms with van der Waals surface area (Å²) in [6.07, 6.45) is 6.93. The molecule has 1 aromatic heterocycles. The van der Waals surface area contributed by atoms with E-state index >= 15 is 0 Å². The molecule has 0 spiro atoms. The molecule has 1 saturated carbocycles. The average molecular weight is 424 g/mol. The van der Waals surface area contributed by atoms with Crippen molar-refractivity contribution in [2.45, 2.75) is 51.4 Å². The standard InChI is InChI=1S/C29H29NO2/c1-19-12-14-20(15-13-19)16-23-17-24(29(31)32)18-25-26(23)27(21-8-4-2-5-9-21)28(30-25)22-10-6-3-7-11-22/h3,6-7,10-15,17-18,21,30H,2,4-5,8-9,16H2,1H3,(H,31,32). The topological polar surface area (TPSA) is 53.1 Å². The van der Waals surface area contributed by atoms with E-state index in [0.717, 1.165) is 23.2 Å². The first kappa shape index (κ1) is 20.6. The number of hydrogen-bond donors (Lipinski definition) is 2. The first-order chi connectivity index (χ1) is 15.6. The number of aromatic carboxylic acids is 1. The molecule has 1 aliphatic rings. The first-order valence-electron chi connectivity index (χ1n) is 11.6. The van der Waals surface area contributed by atoms with Crippen molar-refractivity contribution in [1.82, 2.24) is 4.98 Å². The van der Waals surface area contributed by atoms with Crippen molar-refractivity contribution in [1.29, 1.82) is 0 Å². The number of rotatable bonds is 5. The summed E-state index contributed by atoms with van der Waals surface area (Å²) in [4.78, 5) is 15.6. The zero-order valence-electron chi connectivity index (χ0n) is 18.5. The second kappa shape index (κ2) is 8.66. The molecule has 2 N–H and O–H groups in total. The predicted molar refractivity (Wildman–Crippen MR) is 131 cm³/mol. The molecule has 0 saturated heterocycles. The van der Waals surface area contributed by atoms with E-state index in [1.54, 1.807) is 0 Å². The zero-order chi connectivity index (χ0) is 22.1. The predicted octanol–water partition coefficient (Wildman–Crippen LogP) is 7.48. The number of benzene rings is 3. The van der Waals surface area contributed by atoms with E-state index in [4.69, 9.17) is 0 Å². The fourth-order valence-corrected chi connectivity index (χ4v) is 5.27. The number of carbonyl (C=O) groups is 1. The molecule has 0 unspecified atom stereocenters. The summed E-state index contributed by atoms with van der Waals surface area (Å²) in [5.74, 6) is -0.382. The van der Waals surface area contributed by atoms with E-state index in [-0.39, 0.29) is 0 Å². The molecular formula is C29H29NO2. The normalized spacial score (nSPS) is 14.7. The van der Waals surface area contributed by atoms with Gasteiger partial charge in [-0.1, -0.05) is 79.4 Å². The third kappa shape index (κ3) is 3.95. The molecule has 0 amide bonds. The average Bonchev–Trinajstić information content (AvgIpc) is 3.21. The summed E-state index contributed by atoms with van der Waals surface area (Å²) in [5, 5.41) is 11.0. The number of carboxylic acids is 1. The van der Waals surface area contributed by atoms with Gasteiger partial charge in [-0.05, 0) is 66.5 Å². The van der Waals surface area contributed by atoms with Gasteiger partial charge in [-0.25, -0.2) is 4.79 Å². The summed E-state index contributed by atoms with van der Waals surface area (Å²) >= 11 is 0. The molecule has 3 nitrogen and oxygen atoms in total. The monoisotopic (exact) mass is 423 g/mol. The van der Waals surface area contributed by atoms with Crippen LogP contribution in [-0.4, -0.2) is 16.1 Å². The minimum absolute atomic E-state index is 0.343. The molecular weight excluding hydrogens is 394 g/mol. The molecule has 0 atom stereocenters. The Balaban J connectivity index is 1.75. The SMILES string of the molecule is Cc1ccc(Cc2cc(C(=O)O)cc3[nH]c(-c4ccccc4)c(C4CCCCC4)c23)cc1.